The van der Waals surface area contributed by atoms with Crippen molar-refractivity contribution in [3.05, 3.63) is 35.4 Å². The fourth-order valence-corrected chi connectivity index (χ4v) is 3.53. The van der Waals surface area contributed by atoms with Crippen LogP contribution in [0.5, 0.6) is 0 Å². The number of aryl methyl sites for hydroxylation is 1. The van der Waals surface area contributed by atoms with Crippen LogP contribution in [0.4, 0.5) is 0 Å². The van der Waals surface area contributed by atoms with Gasteiger partial charge in [-0.3, -0.25) is 4.79 Å². The average Bonchev–Trinajstić information content (AvgIpc) is 2.79. The highest BCUT2D eigenvalue weighted by atomic mass is 79.9. The van der Waals surface area contributed by atoms with Gasteiger partial charge in [0.1, 0.15) is 0 Å². The van der Waals surface area contributed by atoms with Crippen LogP contribution in [0.15, 0.2) is 24.3 Å². The number of halogens is 1. The van der Waals surface area contributed by atoms with E-state index in [0.717, 1.165) is 30.3 Å². The summed E-state index contributed by atoms with van der Waals surface area (Å²) >= 11 is 3.53. The molecular weight excluding hydrogens is 290 g/mol. The topological polar surface area (TPSA) is 20.3 Å². The lowest BCUT2D eigenvalue weighted by Crippen LogP contribution is -2.38. The predicted molar refractivity (Wildman–Crippen MR) is 78.2 cm³/mol. The van der Waals surface area contributed by atoms with E-state index in [0.29, 0.717) is 12.0 Å². The van der Waals surface area contributed by atoms with Gasteiger partial charge in [-0.15, -0.1) is 0 Å². The van der Waals surface area contributed by atoms with E-state index >= 15 is 0 Å². The highest BCUT2D eigenvalue weighted by Gasteiger charge is 2.33. The van der Waals surface area contributed by atoms with Crippen molar-refractivity contribution >= 4 is 21.8 Å². The van der Waals surface area contributed by atoms with Crippen LogP contribution in [-0.2, 0) is 6.42 Å². The lowest BCUT2D eigenvalue weighted by Gasteiger charge is -2.25. The van der Waals surface area contributed by atoms with Crippen molar-refractivity contribution in [1.29, 1.82) is 0 Å². The summed E-state index contributed by atoms with van der Waals surface area (Å²) < 4.78 is 0. The van der Waals surface area contributed by atoms with Gasteiger partial charge in [0.05, 0.1) is 0 Å². The summed E-state index contributed by atoms with van der Waals surface area (Å²) in [5.41, 5.74) is 2.09. The summed E-state index contributed by atoms with van der Waals surface area (Å²) in [6, 6.07) is 8.35. The number of likely N-dealkylation sites (tertiary alicyclic amines) is 1. The zero-order valence-corrected chi connectivity index (χ0v) is 12.6. The molecule has 3 heteroatoms. The van der Waals surface area contributed by atoms with Gasteiger partial charge in [-0.1, -0.05) is 41.9 Å². The fourth-order valence-electron chi connectivity index (χ4n) is 2.54. The van der Waals surface area contributed by atoms with Gasteiger partial charge in [-0.05, 0) is 36.5 Å². The standard InChI is InChI=1S/C15H20BrNO/c1-3-12-4-6-13(7-5-12)15(18)17-9-8-11(2)14(17)10-16/h4-7,11,14H,3,8-10H2,1-2H3. The molecular formula is C15H20BrNO. The van der Waals surface area contributed by atoms with Crippen LogP contribution < -0.4 is 0 Å². The molecule has 2 rings (SSSR count). The maximum absolute atomic E-state index is 12.5. The number of rotatable bonds is 3. The molecule has 0 radical (unpaired) electrons. The normalized spacial score (nSPS) is 23.4. The second-order valence-corrected chi connectivity index (χ2v) is 5.68. The quantitative estimate of drug-likeness (QED) is 0.783. The molecule has 18 heavy (non-hydrogen) atoms. The van der Waals surface area contributed by atoms with Crippen molar-refractivity contribution in [3.8, 4) is 0 Å². The van der Waals surface area contributed by atoms with E-state index in [4.69, 9.17) is 0 Å². The van der Waals surface area contributed by atoms with Crippen molar-refractivity contribution in [2.75, 3.05) is 11.9 Å². The molecule has 1 aromatic carbocycles. The molecule has 1 aliphatic heterocycles. The molecule has 2 unspecified atom stereocenters. The number of benzene rings is 1. The van der Waals surface area contributed by atoms with E-state index in [1.54, 1.807) is 0 Å². The largest absolute Gasteiger partial charge is 0.335 e. The molecule has 1 fully saturated rings. The van der Waals surface area contributed by atoms with Gasteiger partial charge in [0.15, 0.2) is 0 Å². The third-order valence-corrected chi connectivity index (χ3v) is 4.57. The smallest absolute Gasteiger partial charge is 0.254 e. The average molecular weight is 310 g/mol. The van der Waals surface area contributed by atoms with E-state index in [-0.39, 0.29) is 5.91 Å². The molecule has 98 valence electrons. The number of carbonyl (C=O) groups is 1. The summed E-state index contributed by atoms with van der Waals surface area (Å²) in [6.07, 6.45) is 2.12. The zero-order valence-electron chi connectivity index (χ0n) is 11.0. The van der Waals surface area contributed by atoms with Gasteiger partial charge >= 0.3 is 0 Å². The Morgan fingerprint density at radius 2 is 2.06 bits per heavy atom. The molecule has 0 bridgehead atoms. The third-order valence-electron chi connectivity index (χ3n) is 3.91. The number of alkyl halides is 1. The summed E-state index contributed by atoms with van der Waals surface area (Å²) in [6.45, 7) is 5.23. The molecule has 0 saturated carbocycles. The van der Waals surface area contributed by atoms with Crippen molar-refractivity contribution in [2.45, 2.75) is 32.7 Å². The number of amides is 1. The first-order valence-corrected chi connectivity index (χ1v) is 7.75. The van der Waals surface area contributed by atoms with Gasteiger partial charge in [0.25, 0.3) is 5.91 Å². The highest BCUT2D eigenvalue weighted by Crippen LogP contribution is 2.27. The van der Waals surface area contributed by atoms with Crippen molar-refractivity contribution in [3.63, 3.8) is 0 Å². The van der Waals surface area contributed by atoms with Gasteiger partial charge in [0.2, 0.25) is 0 Å². The first-order valence-electron chi connectivity index (χ1n) is 6.63. The Bertz CT molecular complexity index is 415. The van der Waals surface area contributed by atoms with Gasteiger partial charge in [0, 0.05) is 23.5 Å². The minimum Gasteiger partial charge on any atom is -0.335 e. The molecule has 2 nitrogen and oxygen atoms in total. The lowest BCUT2D eigenvalue weighted by molar-refractivity contribution is 0.0738. The monoisotopic (exact) mass is 309 g/mol. The summed E-state index contributed by atoms with van der Waals surface area (Å²) in [5, 5.41) is 0.868. The molecule has 1 amide bonds. The van der Waals surface area contributed by atoms with E-state index in [1.807, 2.05) is 17.0 Å². The second kappa shape index (κ2) is 5.87. The third kappa shape index (κ3) is 2.61. The Labute approximate surface area is 117 Å². The molecule has 0 aromatic heterocycles. The van der Waals surface area contributed by atoms with Crippen LogP contribution in [0.25, 0.3) is 0 Å². The van der Waals surface area contributed by atoms with Crippen LogP contribution in [0.2, 0.25) is 0 Å². The molecule has 1 aromatic rings. The minimum atomic E-state index is 0.173. The number of hydrogen-bond acceptors (Lipinski definition) is 1. The SMILES string of the molecule is CCc1ccc(C(=O)N2CCC(C)C2CBr)cc1. The Morgan fingerprint density at radius 1 is 1.39 bits per heavy atom. The fraction of sp³-hybridized carbons (Fsp3) is 0.533. The maximum Gasteiger partial charge on any atom is 0.254 e. The van der Waals surface area contributed by atoms with Gasteiger partial charge in [-0.25, -0.2) is 0 Å². The van der Waals surface area contributed by atoms with Crippen LogP contribution in [0.3, 0.4) is 0 Å². The summed E-state index contributed by atoms with van der Waals surface area (Å²) in [7, 11) is 0. The molecule has 1 saturated heterocycles. The van der Waals surface area contributed by atoms with Crippen LogP contribution in [-0.4, -0.2) is 28.7 Å². The first-order chi connectivity index (χ1) is 8.67. The van der Waals surface area contributed by atoms with E-state index in [9.17, 15) is 4.79 Å². The van der Waals surface area contributed by atoms with E-state index in [2.05, 4.69) is 41.9 Å². The van der Waals surface area contributed by atoms with Gasteiger partial charge in [-0.2, -0.15) is 0 Å². The molecule has 0 N–H and O–H groups in total. The number of carbonyl (C=O) groups excluding carboxylic acids is 1. The summed E-state index contributed by atoms with van der Waals surface area (Å²) in [5.74, 6) is 0.759. The van der Waals surface area contributed by atoms with Crippen LogP contribution in [0, 0.1) is 5.92 Å². The van der Waals surface area contributed by atoms with E-state index in [1.165, 1.54) is 5.56 Å². The number of hydrogen-bond donors (Lipinski definition) is 0. The molecule has 1 heterocycles. The lowest BCUT2D eigenvalue weighted by atomic mass is 10.0. The Kier molecular flexibility index (Phi) is 4.44. The highest BCUT2D eigenvalue weighted by molar-refractivity contribution is 9.09. The Balaban J connectivity index is 2.15. The molecule has 1 aliphatic rings. The predicted octanol–water partition coefficient (Wildman–Crippen LogP) is 3.49. The first kappa shape index (κ1) is 13.6. The van der Waals surface area contributed by atoms with Crippen molar-refractivity contribution < 1.29 is 4.79 Å². The van der Waals surface area contributed by atoms with Gasteiger partial charge < -0.3 is 4.90 Å². The maximum atomic E-state index is 12.5. The van der Waals surface area contributed by atoms with Crippen molar-refractivity contribution in [2.24, 2.45) is 5.92 Å². The van der Waals surface area contributed by atoms with Crippen LogP contribution in [0.1, 0.15) is 36.2 Å². The Hall–Kier alpha value is -0.830. The molecule has 2 atom stereocenters. The minimum absolute atomic E-state index is 0.173. The molecule has 0 aliphatic carbocycles. The summed E-state index contributed by atoms with van der Waals surface area (Å²) in [4.78, 5) is 14.5. The second-order valence-electron chi connectivity index (χ2n) is 5.04. The Morgan fingerprint density at radius 3 is 2.61 bits per heavy atom. The van der Waals surface area contributed by atoms with E-state index < -0.39 is 0 Å². The molecule has 0 spiro atoms. The van der Waals surface area contributed by atoms with Crippen LogP contribution >= 0.6 is 15.9 Å². The van der Waals surface area contributed by atoms with Crippen molar-refractivity contribution in [1.82, 2.24) is 4.90 Å². The zero-order chi connectivity index (χ0) is 13.1. The number of nitrogens with zero attached hydrogens (tertiary/aromatic N) is 1.